The van der Waals surface area contributed by atoms with Crippen LogP contribution in [-0.4, -0.2) is 27.5 Å². The summed E-state index contributed by atoms with van der Waals surface area (Å²) in [6.45, 7) is 2.88. The Balaban J connectivity index is 1.86. The molecule has 0 saturated carbocycles. The zero-order chi connectivity index (χ0) is 19.6. The predicted molar refractivity (Wildman–Crippen MR) is 98.3 cm³/mol. The minimum absolute atomic E-state index is 0.0914. The van der Waals surface area contributed by atoms with Gasteiger partial charge in [0.1, 0.15) is 11.3 Å². The Morgan fingerprint density at radius 2 is 1.93 bits per heavy atom. The van der Waals surface area contributed by atoms with E-state index in [1.165, 1.54) is 24.3 Å². The molecule has 0 spiro atoms. The van der Waals surface area contributed by atoms with Gasteiger partial charge in [0.15, 0.2) is 0 Å². The fourth-order valence-electron chi connectivity index (χ4n) is 3.03. The molecule has 27 heavy (non-hydrogen) atoms. The maximum Gasteiger partial charge on any atom is 0.349 e. The minimum atomic E-state index is -3.90. The zero-order valence-corrected chi connectivity index (χ0v) is 15.5. The molecule has 1 aliphatic heterocycles. The molecular formula is C18H20N2O6S. The molecule has 144 valence electrons. The SMILES string of the molecule is Cc1cc(C2CCOCC2)oc(=O)c1C(=O)Nc1cccc(S(N)(=O)=O)c1. The number of carbonyl (C=O) groups excluding carboxylic acids is 1. The van der Waals surface area contributed by atoms with Gasteiger partial charge in [-0.05, 0) is 49.6 Å². The largest absolute Gasteiger partial charge is 0.427 e. The molecule has 0 atom stereocenters. The van der Waals surface area contributed by atoms with Gasteiger partial charge in [-0.25, -0.2) is 18.4 Å². The Morgan fingerprint density at radius 3 is 2.56 bits per heavy atom. The topological polar surface area (TPSA) is 129 Å². The summed E-state index contributed by atoms with van der Waals surface area (Å²) in [6, 6.07) is 7.18. The molecule has 0 aliphatic carbocycles. The lowest BCUT2D eigenvalue weighted by atomic mass is 9.95. The van der Waals surface area contributed by atoms with E-state index in [1.807, 2.05) is 0 Å². The number of amides is 1. The molecule has 9 heteroatoms. The molecule has 1 aromatic heterocycles. The predicted octanol–water partition coefficient (Wildman–Crippen LogP) is 1.74. The lowest BCUT2D eigenvalue weighted by molar-refractivity contribution is 0.0796. The molecule has 3 N–H and O–H groups in total. The van der Waals surface area contributed by atoms with Crippen molar-refractivity contribution < 1.29 is 22.4 Å². The van der Waals surface area contributed by atoms with Crippen LogP contribution in [0.15, 0.2) is 44.4 Å². The van der Waals surface area contributed by atoms with Crippen molar-refractivity contribution in [2.24, 2.45) is 5.14 Å². The number of aryl methyl sites for hydroxylation is 1. The summed E-state index contributed by atoms with van der Waals surface area (Å²) in [6.07, 6.45) is 1.52. The molecule has 1 amide bonds. The highest BCUT2D eigenvalue weighted by Crippen LogP contribution is 2.27. The van der Waals surface area contributed by atoms with E-state index in [-0.39, 0.29) is 22.1 Å². The van der Waals surface area contributed by atoms with Crippen LogP contribution in [0.25, 0.3) is 0 Å². The molecule has 3 rings (SSSR count). The molecular weight excluding hydrogens is 372 g/mol. The smallest absolute Gasteiger partial charge is 0.349 e. The Bertz CT molecular complexity index is 1020. The van der Waals surface area contributed by atoms with Crippen LogP contribution in [0, 0.1) is 6.92 Å². The summed E-state index contributed by atoms with van der Waals surface area (Å²) in [7, 11) is -3.90. The van der Waals surface area contributed by atoms with Gasteiger partial charge in [-0.2, -0.15) is 0 Å². The fraction of sp³-hybridized carbons (Fsp3) is 0.333. The highest BCUT2D eigenvalue weighted by Gasteiger charge is 2.23. The Labute approximate surface area is 156 Å². The maximum absolute atomic E-state index is 12.5. The number of nitrogens with one attached hydrogen (secondary N) is 1. The first-order chi connectivity index (χ1) is 12.8. The van der Waals surface area contributed by atoms with Crippen molar-refractivity contribution in [3.8, 4) is 0 Å². The van der Waals surface area contributed by atoms with E-state index < -0.39 is 21.6 Å². The normalized spacial score (nSPS) is 15.5. The highest BCUT2D eigenvalue weighted by molar-refractivity contribution is 7.89. The van der Waals surface area contributed by atoms with Crippen LogP contribution >= 0.6 is 0 Å². The molecule has 0 radical (unpaired) electrons. The first-order valence-electron chi connectivity index (χ1n) is 8.42. The van der Waals surface area contributed by atoms with Crippen molar-refractivity contribution in [3.05, 3.63) is 57.6 Å². The third-order valence-electron chi connectivity index (χ3n) is 4.44. The molecule has 0 unspecified atom stereocenters. The van der Waals surface area contributed by atoms with Gasteiger partial charge in [0.2, 0.25) is 10.0 Å². The number of hydrogen-bond acceptors (Lipinski definition) is 6. The van der Waals surface area contributed by atoms with E-state index in [1.54, 1.807) is 13.0 Å². The second-order valence-corrected chi connectivity index (χ2v) is 7.97. The number of benzene rings is 1. The molecule has 1 fully saturated rings. The first-order valence-corrected chi connectivity index (χ1v) is 9.97. The van der Waals surface area contributed by atoms with Crippen molar-refractivity contribution in [1.29, 1.82) is 0 Å². The standard InChI is InChI=1S/C18H20N2O6S/c1-11-9-15(12-5-7-25-8-6-12)26-18(22)16(11)17(21)20-13-3-2-4-14(10-13)27(19,23)24/h2-4,9-10,12H,5-8H2,1H3,(H,20,21)(H2,19,23,24). The number of hydrogen-bond donors (Lipinski definition) is 2. The van der Waals surface area contributed by atoms with Crippen molar-refractivity contribution in [3.63, 3.8) is 0 Å². The number of anilines is 1. The number of rotatable bonds is 4. The molecule has 0 bridgehead atoms. The van der Waals surface area contributed by atoms with Gasteiger partial charge in [-0.3, -0.25) is 4.79 Å². The average molecular weight is 392 g/mol. The number of primary sulfonamides is 1. The van der Waals surface area contributed by atoms with E-state index in [2.05, 4.69) is 5.32 Å². The second kappa shape index (κ2) is 7.63. The van der Waals surface area contributed by atoms with E-state index in [9.17, 15) is 18.0 Å². The summed E-state index contributed by atoms with van der Waals surface area (Å²) in [5.74, 6) is -0.0337. The van der Waals surface area contributed by atoms with Gasteiger partial charge in [-0.1, -0.05) is 6.07 Å². The van der Waals surface area contributed by atoms with Gasteiger partial charge in [0, 0.05) is 24.8 Å². The van der Waals surface area contributed by atoms with Crippen molar-refractivity contribution in [2.45, 2.75) is 30.6 Å². The minimum Gasteiger partial charge on any atom is -0.427 e. The Morgan fingerprint density at radius 1 is 1.22 bits per heavy atom. The molecule has 8 nitrogen and oxygen atoms in total. The quantitative estimate of drug-likeness (QED) is 0.815. The van der Waals surface area contributed by atoms with Crippen LogP contribution < -0.4 is 16.1 Å². The van der Waals surface area contributed by atoms with Crippen molar-refractivity contribution in [2.75, 3.05) is 18.5 Å². The summed E-state index contributed by atoms with van der Waals surface area (Å²) < 4.78 is 33.5. The van der Waals surface area contributed by atoms with Gasteiger partial charge in [0.05, 0.1) is 4.90 Å². The molecule has 2 aromatic rings. The number of ether oxygens (including phenoxy) is 1. The first kappa shape index (κ1) is 19.3. The van der Waals surface area contributed by atoms with Gasteiger partial charge < -0.3 is 14.5 Å². The molecule has 1 aromatic carbocycles. The number of carbonyl (C=O) groups is 1. The molecule has 1 saturated heterocycles. The monoisotopic (exact) mass is 392 g/mol. The maximum atomic E-state index is 12.5. The third kappa shape index (κ3) is 4.44. The van der Waals surface area contributed by atoms with Crippen LogP contribution in [-0.2, 0) is 14.8 Å². The Kier molecular flexibility index (Phi) is 5.45. The van der Waals surface area contributed by atoms with Gasteiger partial charge in [-0.15, -0.1) is 0 Å². The summed E-state index contributed by atoms with van der Waals surface area (Å²) in [4.78, 5) is 24.8. The van der Waals surface area contributed by atoms with Crippen molar-refractivity contribution in [1.82, 2.24) is 0 Å². The fourth-order valence-corrected chi connectivity index (χ4v) is 3.59. The lowest BCUT2D eigenvalue weighted by Crippen LogP contribution is -2.24. The van der Waals surface area contributed by atoms with Crippen LogP contribution in [0.2, 0.25) is 0 Å². The van der Waals surface area contributed by atoms with E-state index in [0.29, 0.717) is 24.5 Å². The number of nitrogens with two attached hydrogens (primary N) is 1. The Hall–Kier alpha value is -2.49. The average Bonchev–Trinajstić information content (AvgIpc) is 2.61. The number of sulfonamides is 1. The molecule has 1 aliphatic rings. The summed E-state index contributed by atoms with van der Waals surface area (Å²) in [5, 5.41) is 7.60. The lowest BCUT2D eigenvalue weighted by Gasteiger charge is -2.21. The summed E-state index contributed by atoms with van der Waals surface area (Å²) >= 11 is 0. The van der Waals surface area contributed by atoms with Crippen LogP contribution in [0.4, 0.5) is 5.69 Å². The third-order valence-corrected chi connectivity index (χ3v) is 5.35. The van der Waals surface area contributed by atoms with Crippen LogP contribution in [0.1, 0.15) is 40.4 Å². The molecule has 2 heterocycles. The van der Waals surface area contributed by atoms with E-state index in [0.717, 1.165) is 12.8 Å². The van der Waals surface area contributed by atoms with Gasteiger partial charge in [0.25, 0.3) is 5.91 Å². The van der Waals surface area contributed by atoms with Crippen LogP contribution in [0.3, 0.4) is 0 Å². The van der Waals surface area contributed by atoms with E-state index in [4.69, 9.17) is 14.3 Å². The van der Waals surface area contributed by atoms with Crippen LogP contribution in [0.5, 0.6) is 0 Å². The van der Waals surface area contributed by atoms with Crippen molar-refractivity contribution >= 4 is 21.6 Å². The zero-order valence-electron chi connectivity index (χ0n) is 14.7. The highest BCUT2D eigenvalue weighted by atomic mass is 32.2. The summed E-state index contributed by atoms with van der Waals surface area (Å²) in [5.41, 5.74) is -0.143. The van der Waals surface area contributed by atoms with E-state index >= 15 is 0 Å². The second-order valence-electron chi connectivity index (χ2n) is 6.41. The van der Waals surface area contributed by atoms with Gasteiger partial charge >= 0.3 is 5.63 Å².